The molecule has 7 rings (SSSR count). The van der Waals surface area contributed by atoms with Gasteiger partial charge in [0.15, 0.2) is 6.20 Å². The van der Waals surface area contributed by atoms with Gasteiger partial charge < -0.3 is 4.40 Å². The van der Waals surface area contributed by atoms with Gasteiger partial charge in [0.1, 0.15) is 7.05 Å². The average molecular weight is 429 g/mol. The fraction of sp³-hybridized carbons (Fsp3) is 0.267. The number of pyridine rings is 2. The Bertz CT molecular complexity index is 1770. The molecule has 0 spiro atoms. The molecule has 0 unspecified atom stereocenters. The lowest BCUT2D eigenvalue weighted by Crippen LogP contribution is -2.29. The highest BCUT2D eigenvalue weighted by Crippen LogP contribution is 2.42. The number of hydrogen-bond donors (Lipinski definition) is 0. The summed E-state index contributed by atoms with van der Waals surface area (Å²) in [4.78, 5) is 0. The Morgan fingerprint density at radius 2 is 1.85 bits per heavy atom. The van der Waals surface area contributed by atoms with Crippen LogP contribution in [0.15, 0.2) is 54.7 Å². The first kappa shape index (κ1) is 18.9. The highest BCUT2D eigenvalue weighted by Gasteiger charge is 2.25. The molecule has 0 amide bonds. The predicted molar refractivity (Wildman–Crippen MR) is 135 cm³/mol. The minimum Gasteiger partial charge on any atom is -0.307 e. The van der Waals surface area contributed by atoms with E-state index in [1.54, 1.807) is 0 Å². The molecule has 1 saturated carbocycles. The van der Waals surface area contributed by atoms with Crippen LogP contribution in [-0.2, 0) is 13.5 Å². The maximum atomic E-state index is 9.93. The zero-order chi connectivity index (χ0) is 22.3. The largest absolute Gasteiger partial charge is 0.307 e. The van der Waals surface area contributed by atoms with Crippen LogP contribution < -0.4 is 4.57 Å². The molecule has 1 aliphatic rings. The third-order valence-electron chi connectivity index (χ3n) is 8.03. The zero-order valence-corrected chi connectivity index (χ0v) is 19.2. The van der Waals surface area contributed by atoms with Crippen molar-refractivity contribution in [3.8, 4) is 6.07 Å². The molecule has 3 nitrogen and oxygen atoms in total. The van der Waals surface area contributed by atoms with Crippen molar-refractivity contribution in [2.45, 2.75) is 39.0 Å². The van der Waals surface area contributed by atoms with E-state index in [9.17, 15) is 5.26 Å². The first-order chi connectivity index (χ1) is 16.2. The molecule has 3 aromatic carbocycles. The predicted octanol–water partition coefficient (Wildman–Crippen LogP) is 6.73. The van der Waals surface area contributed by atoms with Crippen LogP contribution in [0.2, 0.25) is 0 Å². The molecule has 1 aliphatic carbocycles. The third-order valence-corrected chi connectivity index (χ3v) is 8.03. The highest BCUT2D eigenvalue weighted by atomic mass is 15.0. The van der Waals surface area contributed by atoms with Crippen LogP contribution >= 0.6 is 0 Å². The molecule has 0 aliphatic heterocycles. The number of nitriles is 1. The van der Waals surface area contributed by atoms with Gasteiger partial charge in [0.2, 0.25) is 5.52 Å². The summed E-state index contributed by atoms with van der Waals surface area (Å²) in [6, 6.07) is 20.2. The third kappa shape index (κ3) is 2.47. The normalized spacial score (nSPS) is 15.1. The van der Waals surface area contributed by atoms with Crippen molar-refractivity contribution in [3.05, 3.63) is 71.4 Å². The van der Waals surface area contributed by atoms with Crippen molar-refractivity contribution in [2.24, 2.45) is 13.0 Å². The summed E-state index contributed by atoms with van der Waals surface area (Å²) in [5.74, 6) is 0.804. The van der Waals surface area contributed by atoms with E-state index >= 15 is 0 Å². The van der Waals surface area contributed by atoms with Gasteiger partial charge >= 0.3 is 0 Å². The number of benzene rings is 3. The van der Waals surface area contributed by atoms with E-state index in [1.807, 2.05) is 12.1 Å². The quantitative estimate of drug-likeness (QED) is 0.171. The molecule has 1 fully saturated rings. The molecule has 6 aromatic rings. The second-order valence-corrected chi connectivity index (χ2v) is 10.0. The number of aromatic nitrogens is 2. The van der Waals surface area contributed by atoms with Gasteiger partial charge in [0.05, 0.1) is 39.0 Å². The Balaban J connectivity index is 1.75. The van der Waals surface area contributed by atoms with Gasteiger partial charge in [-0.25, -0.2) is 4.57 Å². The van der Waals surface area contributed by atoms with Crippen LogP contribution in [-0.4, -0.2) is 4.40 Å². The maximum Gasteiger partial charge on any atom is 0.224 e. The minimum absolute atomic E-state index is 0.750. The highest BCUT2D eigenvalue weighted by molar-refractivity contribution is 6.26. The molecular weight excluding hydrogens is 402 g/mol. The fourth-order valence-corrected chi connectivity index (χ4v) is 6.58. The molecule has 3 heterocycles. The number of aryl methyl sites for hydroxylation is 2. The number of nitrogens with zero attached hydrogens (tertiary/aromatic N) is 3. The first-order valence-corrected chi connectivity index (χ1v) is 12.1. The Morgan fingerprint density at radius 3 is 2.67 bits per heavy atom. The summed E-state index contributed by atoms with van der Waals surface area (Å²) in [5.41, 5.74) is 8.38. The average Bonchev–Trinajstić information content (AvgIpc) is 3.45. The number of fused-ring (bicyclic) bond motifs is 5. The molecule has 33 heavy (non-hydrogen) atoms. The lowest BCUT2D eigenvalue weighted by Gasteiger charge is -2.15. The first-order valence-electron chi connectivity index (χ1n) is 12.1. The minimum atomic E-state index is 0.750. The van der Waals surface area contributed by atoms with Gasteiger partial charge in [-0.2, -0.15) is 5.26 Å². The molecule has 0 atom stereocenters. The molecular formula is C30H26N3+. The smallest absolute Gasteiger partial charge is 0.224 e. The summed E-state index contributed by atoms with van der Waals surface area (Å²) in [6.45, 7) is 2.21. The van der Waals surface area contributed by atoms with Crippen LogP contribution in [0.1, 0.15) is 42.4 Å². The van der Waals surface area contributed by atoms with Crippen LogP contribution in [0.25, 0.3) is 49.0 Å². The van der Waals surface area contributed by atoms with E-state index in [0.29, 0.717) is 0 Å². The number of rotatable bonds is 2. The maximum absolute atomic E-state index is 9.93. The molecule has 0 bridgehead atoms. The van der Waals surface area contributed by atoms with Crippen LogP contribution in [0.4, 0.5) is 0 Å². The van der Waals surface area contributed by atoms with Gasteiger partial charge in [0, 0.05) is 16.8 Å². The van der Waals surface area contributed by atoms with Crippen LogP contribution in [0.5, 0.6) is 0 Å². The molecule has 0 N–H and O–H groups in total. The lowest BCUT2D eigenvalue weighted by atomic mass is 9.94. The van der Waals surface area contributed by atoms with E-state index in [2.05, 4.69) is 71.6 Å². The molecule has 0 saturated heterocycles. The van der Waals surface area contributed by atoms with Gasteiger partial charge in [0.25, 0.3) is 0 Å². The standard InChI is InChI=1S/C30H26N3/c1-18-10-11-23-27-22(17-31)8-5-9-24(27)33-25-16-20(14-19-6-3-4-7-19)15-21-12-13-32(2)30(28(21)25)26(18)29(23)33/h5,8-13,15-16,19H,3-4,6-7,14H2,1-2H3/q+1. The topological polar surface area (TPSA) is 32.1 Å². The van der Waals surface area contributed by atoms with Crippen molar-refractivity contribution >= 4 is 49.0 Å². The van der Waals surface area contributed by atoms with Gasteiger partial charge in [-0.3, -0.25) is 0 Å². The van der Waals surface area contributed by atoms with E-state index in [4.69, 9.17) is 0 Å². The van der Waals surface area contributed by atoms with Crippen molar-refractivity contribution in [2.75, 3.05) is 0 Å². The summed E-state index contributed by atoms with van der Waals surface area (Å²) in [7, 11) is 2.16. The van der Waals surface area contributed by atoms with Crippen LogP contribution in [0, 0.1) is 24.2 Å². The molecule has 3 heteroatoms. The number of hydrogen-bond acceptors (Lipinski definition) is 1. The van der Waals surface area contributed by atoms with Crippen molar-refractivity contribution in [1.29, 1.82) is 5.26 Å². The second-order valence-electron chi connectivity index (χ2n) is 10.0. The van der Waals surface area contributed by atoms with E-state index in [-0.39, 0.29) is 0 Å². The SMILES string of the molecule is Cc1ccc2c3c(C#N)cccc3n3c4cc(CC5CCCC5)cc5cc[n+](C)c(c1c23)c54. The Labute approximate surface area is 192 Å². The van der Waals surface area contributed by atoms with E-state index in [1.165, 1.54) is 74.9 Å². The lowest BCUT2D eigenvalue weighted by molar-refractivity contribution is -0.643. The summed E-state index contributed by atoms with van der Waals surface area (Å²) in [6.07, 6.45) is 8.82. The molecule has 160 valence electrons. The van der Waals surface area contributed by atoms with Gasteiger partial charge in [-0.1, -0.05) is 49.9 Å². The zero-order valence-electron chi connectivity index (χ0n) is 19.2. The van der Waals surface area contributed by atoms with Gasteiger partial charge in [-0.15, -0.1) is 0 Å². The van der Waals surface area contributed by atoms with E-state index < -0.39 is 0 Å². The summed E-state index contributed by atoms with van der Waals surface area (Å²) >= 11 is 0. The van der Waals surface area contributed by atoms with Crippen molar-refractivity contribution < 1.29 is 4.57 Å². The Kier molecular flexibility index (Phi) is 3.82. The van der Waals surface area contributed by atoms with Gasteiger partial charge in [-0.05, 0) is 54.0 Å². The van der Waals surface area contributed by atoms with E-state index in [0.717, 1.165) is 28.8 Å². The summed E-state index contributed by atoms with van der Waals surface area (Å²) in [5, 5.41) is 16.1. The monoisotopic (exact) mass is 428 g/mol. The second kappa shape index (κ2) is 6.68. The molecule has 0 radical (unpaired) electrons. The van der Waals surface area contributed by atoms with Crippen molar-refractivity contribution in [3.63, 3.8) is 0 Å². The van der Waals surface area contributed by atoms with Crippen LogP contribution in [0.3, 0.4) is 0 Å². The Hall–Kier alpha value is -3.64. The van der Waals surface area contributed by atoms with Crippen molar-refractivity contribution in [1.82, 2.24) is 4.40 Å². The Morgan fingerprint density at radius 1 is 1.00 bits per heavy atom. The summed E-state index contributed by atoms with van der Waals surface area (Å²) < 4.78 is 4.72. The molecule has 3 aromatic heterocycles. The fourth-order valence-electron chi connectivity index (χ4n) is 6.58.